The summed E-state index contributed by atoms with van der Waals surface area (Å²) in [5, 5.41) is 0. The van der Waals surface area contributed by atoms with Crippen molar-refractivity contribution in [3.05, 3.63) is 24.3 Å². The highest BCUT2D eigenvalue weighted by molar-refractivity contribution is 5.97. The van der Waals surface area contributed by atoms with Gasteiger partial charge in [0.1, 0.15) is 5.75 Å². The molecule has 1 aliphatic heterocycles. The first-order valence-corrected chi connectivity index (χ1v) is 5.98. The summed E-state index contributed by atoms with van der Waals surface area (Å²) in [6.07, 6.45) is 0.539. The number of nitrogens with two attached hydrogens (primary N) is 1. The van der Waals surface area contributed by atoms with Gasteiger partial charge in [-0.3, -0.25) is 4.79 Å². The first-order chi connectivity index (χ1) is 8.26. The van der Waals surface area contributed by atoms with Gasteiger partial charge in [-0.05, 0) is 31.5 Å². The zero-order valence-corrected chi connectivity index (χ0v) is 10.1. The van der Waals surface area contributed by atoms with Crippen LogP contribution in [0.3, 0.4) is 0 Å². The summed E-state index contributed by atoms with van der Waals surface area (Å²) in [7, 11) is 0. The van der Waals surface area contributed by atoms with Crippen LogP contribution in [0.25, 0.3) is 0 Å². The molecular formula is C13H18N2O2. The van der Waals surface area contributed by atoms with E-state index in [1.165, 1.54) is 0 Å². The minimum Gasteiger partial charge on any atom is -0.492 e. The fraction of sp³-hybridized carbons (Fsp3) is 0.462. The molecule has 1 heterocycles. The topological polar surface area (TPSA) is 55.6 Å². The third kappa shape index (κ3) is 2.42. The van der Waals surface area contributed by atoms with Gasteiger partial charge in [0.15, 0.2) is 0 Å². The summed E-state index contributed by atoms with van der Waals surface area (Å²) in [6.45, 7) is 3.78. The zero-order chi connectivity index (χ0) is 12.3. The maximum absolute atomic E-state index is 11.9. The van der Waals surface area contributed by atoms with Crippen molar-refractivity contribution in [2.24, 2.45) is 11.7 Å². The number of hydrogen-bond donors (Lipinski definition) is 1. The fourth-order valence-corrected chi connectivity index (χ4v) is 2.13. The Labute approximate surface area is 101 Å². The van der Waals surface area contributed by atoms with Gasteiger partial charge in [-0.25, -0.2) is 0 Å². The largest absolute Gasteiger partial charge is 0.492 e. The predicted molar refractivity (Wildman–Crippen MR) is 67.1 cm³/mol. The van der Waals surface area contributed by atoms with Gasteiger partial charge in [0.25, 0.3) is 0 Å². The zero-order valence-electron chi connectivity index (χ0n) is 10.1. The van der Waals surface area contributed by atoms with Gasteiger partial charge in [0.2, 0.25) is 5.91 Å². The van der Waals surface area contributed by atoms with Crippen molar-refractivity contribution < 1.29 is 9.53 Å². The summed E-state index contributed by atoms with van der Waals surface area (Å²) in [6, 6.07) is 7.64. The van der Waals surface area contributed by atoms with Gasteiger partial charge in [0, 0.05) is 13.0 Å². The number of para-hydroxylation sites is 2. The standard InChI is InChI=1S/C13H18N2O2/c1-2-17-12-6-4-3-5-11(12)15-9-10(8-14)7-13(15)16/h3-6,10H,2,7-9,14H2,1H3. The second-order valence-electron chi connectivity index (χ2n) is 4.21. The van der Waals surface area contributed by atoms with E-state index < -0.39 is 0 Å². The Hall–Kier alpha value is -1.55. The number of benzene rings is 1. The lowest BCUT2D eigenvalue weighted by molar-refractivity contribution is -0.117. The number of ether oxygens (including phenoxy) is 1. The maximum atomic E-state index is 11.9. The molecule has 1 unspecified atom stereocenters. The number of hydrogen-bond acceptors (Lipinski definition) is 3. The molecule has 2 rings (SSSR count). The Balaban J connectivity index is 2.25. The average Bonchev–Trinajstić information content (AvgIpc) is 2.72. The van der Waals surface area contributed by atoms with Gasteiger partial charge in [-0.1, -0.05) is 12.1 Å². The molecule has 1 aromatic carbocycles. The Morgan fingerprint density at radius 1 is 1.47 bits per heavy atom. The molecule has 2 N–H and O–H groups in total. The second-order valence-corrected chi connectivity index (χ2v) is 4.21. The average molecular weight is 234 g/mol. The molecular weight excluding hydrogens is 216 g/mol. The van der Waals surface area contributed by atoms with Crippen LogP contribution in [0.5, 0.6) is 5.75 Å². The molecule has 0 radical (unpaired) electrons. The van der Waals surface area contributed by atoms with E-state index in [0.717, 1.165) is 11.4 Å². The third-order valence-electron chi connectivity index (χ3n) is 2.99. The monoisotopic (exact) mass is 234 g/mol. The first-order valence-electron chi connectivity index (χ1n) is 5.98. The van der Waals surface area contributed by atoms with Crippen LogP contribution in [0.2, 0.25) is 0 Å². The minimum atomic E-state index is 0.132. The van der Waals surface area contributed by atoms with Gasteiger partial charge >= 0.3 is 0 Å². The van der Waals surface area contributed by atoms with E-state index in [1.54, 1.807) is 4.90 Å². The smallest absolute Gasteiger partial charge is 0.227 e. The molecule has 1 amide bonds. The molecule has 0 aliphatic carbocycles. The van der Waals surface area contributed by atoms with E-state index >= 15 is 0 Å². The lowest BCUT2D eigenvalue weighted by Gasteiger charge is -2.19. The molecule has 0 aromatic heterocycles. The summed E-state index contributed by atoms with van der Waals surface area (Å²) in [5.74, 6) is 1.16. The Morgan fingerprint density at radius 2 is 2.24 bits per heavy atom. The van der Waals surface area contributed by atoms with E-state index in [1.807, 2.05) is 31.2 Å². The number of carbonyl (C=O) groups excluding carboxylic acids is 1. The van der Waals surface area contributed by atoms with Crippen molar-refractivity contribution in [2.75, 3.05) is 24.6 Å². The van der Waals surface area contributed by atoms with Crippen LogP contribution >= 0.6 is 0 Å². The van der Waals surface area contributed by atoms with Crippen LogP contribution in [-0.2, 0) is 4.79 Å². The van der Waals surface area contributed by atoms with Crippen LogP contribution < -0.4 is 15.4 Å². The van der Waals surface area contributed by atoms with E-state index in [-0.39, 0.29) is 11.8 Å². The van der Waals surface area contributed by atoms with Crippen LogP contribution in [0, 0.1) is 5.92 Å². The number of rotatable bonds is 4. The Bertz CT molecular complexity index is 406. The number of amides is 1. The van der Waals surface area contributed by atoms with Crippen molar-refractivity contribution >= 4 is 11.6 Å². The second kappa shape index (κ2) is 5.19. The first kappa shape index (κ1) is 11.9. The van der Waals surface area contributed by atoms with Crippen LogP contribution in [-0.4, -0.2) is 25.6 Å². The van der Waals surface area contributed by atoms with Gasteiger partial charge in [0.05, 0.1) is 12.3 Å². The molecule has 92 valence electrons. The summed E-state index contributed by atoms with van der Waals surface area (Å²) >= 11 is 0. The minimum absolute atomic E-state index is 0.132. The maximum Gasteiger partial charge on any atom is 0.227 e. The lowest BCUT2D eigenvalue weighted by atomic mass is 10.1. The molecule has 0 bridgehead atoms. The normalized spacial score (nSPS) is 19.8. The third-order valence-corrected chi connectivity index (χ3v) is 2.99. The molecule has 1 atom stereocenters. The molecule has 1 fully saturated rings. The van der Waals surface area contributed by atoms with Crippen molar-refractivity contribution in [1.82, 2.24) is 0 Å². The van der Waals surface area contributed by atoms with Crippen LogP contribution in [0.15, 0.2) is 24.3 Å². The highest BCUT2D eigenvalue weighted by Crippen LogP contribution is 2.32. The Morgan fingerprint density at radius 3 is 2.88 bits per heavy atom. The summed E-state index contributed by atoms with van der Waals surface area (Å²) in [4.78, 5) is 13.7. The lowest BCUT2D eigenvalue weighted by Crippen LogP contribution is -2.26. The molecule has 1 aromatic rings. The van der Waals surface area contributed by atoms with Crippen LogP contribution in [0.1, 0.15) is 13.3 Å². The quantitative estimate of drug-likeness (QED) is 0.856. The number of nitrogens with zero attached hydrogens (tertiary/aromatic N) is 1. The summed E-state index contributed by atoms with van der Waals surface area (Å²) < 4.78 is 5.54. The van der Waals surface area contributed by atoms with Gasteiger partial charge < -0.3 is 15.4 Å². The molecule has 4 heteroatoms. The van der Waals surface area contributed by atoms with E-state index in [9.17, 15) is 4.79 Å². The van der Waals surface area contributed by atoms with Crippen molar-refractivity contribution in [2.45, 2.75) is 13.3 Å². The SMILES string of the molecule is CCOc1ccccc1N1CC(CN)CC1=O. The Kier molecular flexibility index (Phi) is 3.64. The predicted octanol–water partition coefficient (Wildman–Crippen LogP) is 1.40. The molecule has 0 saturated carbocycles. The molecule has 1 aliphatic rings. The van der Waals surface area contributed by atoms with Crippen molar-refractivity contribution in [3.63, 3.8) is 0 Å². The van der Waals surface area contributed by atoms with Gasteiger partial charge in [-0.2, -0.15) is 0 Å². The van der Waals surface area contributed by atoms with E-state index in [4.69, 9.17) is 10.5 Å². The number of anilines is 1. The fourth-order valence-electron chi connectivity index (χ4n) is 2.13. The van der Waals surface area contributed by atoms with Gasteiger partial charge in [-0.15, -0.1) is 0 Å². The highest BCUT2D eigenvalue weighted by Gasteiger charge is 2.31. The number of carbonyl (C=O) groups is 1. The van der Waals surface area contributed by atoms with E-state index in [2.05, 4.69) is 0 Å². The highest BCUT2D eigenvalue weighted by atomic mass is 16.5. The van der Waals surface area contributed by atoms with Crippen molar-refractivity contribution in [1.29, 1.82) is 0 Å². The van der Waals surface area contributed by atoms with Crippen molar-refractivity contribution in [3.8, 4) is 5.75 Å². The summed E-state index contributed by atoms with van der Waals surface area (Å²) in [5.41, 5.74) is 6.48. The molecule has 4 nitrogen and oxygen atoms in total. The van der Waals surface area contributed by atoms with E-state index in [0.29, 0.717) is 26.1 Å². The molecule has 1 saturated heterocycles. The molecule has 17 heavy (non-hydrogen) atoms. The van der Waals surface area contributed by atoms with Crippen LogP contribution in [0.4, 0.5) is 5.69 Å². The molecule has 0 spiro atoms.